The first-order valence-corrected chi connectivity index (χ1v) is 42.3. The van der Waals surface area contributed by atoms with E-state index in [4.69, 9.17) is 23.5 Å². The number of phenolic OH excluding ortho intramolecular Hbond substituents is 1. The number of likely N-dealkylation sites (tertiary alicyclic amines) is 2. The topological polar surface area (TPSA) is 385 Å². The van der Waals surface area contributed by atoms with Crippen LogP contribution >= 0.6 is 0 Å². The van der Waals surface area contributed by atoms with Crippen LogP contribution in [-0.4, -0.2) is 251 Å². The van der Waals surface area contributed by atoms with Gasteiger partial charge in [0.05, 0.1) is 47.4 Å². The summed E-state index contributed by atoms with van der Waals surface area (Å²) in [7, 11) is 5.89. The zero-order valence-corrected chi connectivity index (χ0v) is 69.4. The van der Waals surface area contributed by atoms with E-state index in [1.54, 1.807) is 79.0 Å². The van der Waals surface area contributed by atoms with Gasteiger partial charge in [0.15, 0.2) is 11.6 Å². The molecule has 7 aliphatic rings. The molecule has 2 bridgehead atoms. The summed E-state index contributed by atoms with van der Waals surface area (Å²) in [6, 6.07) is 28.3. The van der Waals surface area contributed by atoms with Gasteiger partial charge < -0.3 is 79.5 Å². The number of nitrogens with one attached hydrogen (secondary N) is 5. The maximum absolute atomic E-state index is 14.2. The lowest BCUT2D eigenvalue weighted by Crippen LogP contribution is -2.58. The number of para-hydroxylation sites is 1. The molecule has 3 aromatic heterocycles. The van der Waals surface area contributed by atoms with Crippen molar-refractivity contribution in [3.63, 3.8) is 0 Å². The number of carbonyl (C=O) groups is 8. The number of hydrogen-bond donors (Lipinski definition) is 7. The molecular weight excluding hydrogens is 1540 g/mol. The van der Waals surface area contributed by atoms with Crippen LogP contribution in [-0.2, 0) is 49.6 Å². The second kappa shape index (κ2) is 40.3. The van der Waals surface area contributed by atoms with Crippen molar-refractivity contribution in [2.75, 3.05) is 120 Å². The molecule has 8 heterocycles. The molecule has 4 saturated heterocycles. The van der Waals surface area contributed by atoms with E-state index in [9.17, 15) is 53.8 Å². The number of carbonyl (C=O) groups excluding carboxylic acids is 8. The van der Waals surface area contributed by atoms with Crippen molar-refractivity contribution in [1.82, 2.24) is 60.8 Å². The van der Waals surface area contributed by atoms with E-state index in [2.05, 4.69) is 77.5 Å². The van der Waals surface area contributed by atoms with E-state index >= 15 is 0 Å². The summed E-state index contributed by atoms with van der Waals surface area (Å²) in [4.78, 5) is 126. The zero-order chi connectivity index (χ0) is 84.6. The molecule has 2 saturated carbocycles. The standard InChI is InChI=1S/C88H113N17O15/c1-56(2)80(84(112)104-54-65(106)46-73(104)83(111)92-57(3)60-22-18-58(51-89)19-23-60)75-50-77(98-120-75)116-44-43-101-39-31-66(32-40-101)118-67-47-68(48-67)119-76-45-62(30-36-90-76)105-63-26-27-64(105)53-102(52-63)72-49-71(69-15-8-9-17-74(69)107)96-97-81(72)95-87(115)117-55-59-20-24-61(25-21-59)93-82(110)70(16-10-13-37-99(4)5)94-86(114)88(33-14-34-88)85(113)91-35-11-7-12-38-100(6)41-42-103-78(108)28-29-79(103)109/h8-9,15,17-25,28-30,36,45,49-50,56-57,63-68,70,73,80,106-107H,7,10-14,16,26-27,31-35,37-44,46-48,52-55H2,1-6H3,(H,91,113)(H,92,111)(H,93,110)(H,94,114)(H,95,97,115)/t57-,63?,64?,65-,67?,68?,70+,73+,80-/m1/s1. The number of phenols is 1. The number of aliphatic hydroxyl groups is 1. The van der Waals surface area contributed by atoms with Crippen molar-refractivity contribution in [3.05, 3.63) is 138 Å². The maximum Gasteiger partial charge on any atom is 0.413 e. The number of piperazine rings is 1. The molecule has 640 valence electrons. The van der Waals surface area contributed by atoms with Crippen molar-refractivity contribution >= 4 is 70.3 Å². The van der Waals surface area contributed by atoms with Crippen molar-refractivity contribution in [2.24, 2.45) is 11.3 Å². The van der Waals surface area contributed by atoms with Gasteiger partial charge in [-0.25, -0.2) is 9.78 Å². The van der Waals surface area contributed by atoms with Gasteiger partial charge in [-0.2, -0.15) is 5.26 Å². The fourth-order valence-corrected chi connectivity index (χ4v) is 17.1. The Hall–Kier alpha value is -11.1. The Kier molecular flexibility index (Phi) is 29.1. The predicted octanol–water partition coefficient (Wildman–Crippen LogP) is 8.23. The number of fused-ring (bicyclic) bond motifs is 2. The quantitative estimate of drug-likeness (QED) is 0.0108. The van der Waals surface area contributed by atoms with Gasteiger partial charge in [0, 0.05) is 138 Å². The highest BCUT2D eigenvalue weighted by atomic mass is 16.6. The number of hydrogen-bond acceptors (Lipinski definition) is 25. The van der Waals surface area contributed by atoms with E-state index in [1.165, 1.54) is 22.0 Å². The molecule has 0 spiro atoms. The van der Waals surface area contributed by atoms with Gasteiger partial charge in [0.1, 0.15) is 48.5 Å². The first-order chi connectivity index (χ1) is 57.9. The number of pyridine rings is 1. The normalized spacial score (nSPS) is 20.9. The lowest BCUT2D eigenvalue weighted by molar-refractivity contribution is -0.151. The lowest BCUT2D eigenvalue weighted by atomic mass is 9.67. The summed E-state index contributed by atoms with van der Waals surface area (Å²) in [6.45, 7) is 12.2. The Balaban J connectivity index is 0.542. The number of unbranched alkanes of at least 4 members (excludes halogenated alkanes) is 3. The van der Waals surface area contributed by atoms with Gasteiger partial charge >= 0.3 is 6.09 Å². The van der Waals surface area contributed by atoms with Crippen molar-refractivity contribution < 1.29 is 72.0 Å². The smallest absolute Gasteiger partial charge is 0.413 e. The second-order valence-electron chi connectivity index (χ2n) is 33.5. The second-order valence-corrected chi connectivity index (χ2v) is 33.5. The summed E-state index contributed by atoms with van der Waals surface area (Å²) in [5, 5.41) is 58.8. The average Bonchev–Trinajstić information content (AvgIpc) is 1.72. The number of nitriles is 1. The van der Waals surface area contributed by atoms with Crippen LogP contribution in [0.5, 0.6) is 17.5 Å². The van der Waals surface area contributed by atoms with E-state index in [0.717, 1.165) is 95.2 Å². The van der Waals surface area contributed by atoms with Crippen molar-refractivity contribution in [2.45, 2.75) is 191 Å². The molecule has 7 atom stereocenters. The Morgan fingerprint density at radius 2 is 1.48 bits per heavy atom. The molecule has 7 N–H and O–H groups in total. The fraction of sp³-hybridized carbons (Fsp3) is 0.534. The van der Waals surface area contributed by atoms with Gasteiger partial charge in [-0.3, -0.25) is 48.7 Å². The van der Waals surface area contributed by atoms with Gasteiger partial charge in [0.2, 0.25) is 35.4 Å². The molecular formula is C88H113N17O15. The van der Waals surface area contributed by atoms with Crippen LogP contribution in [0.3, 0.4) is 0 Å². The van der Waals surface area contributed by atoms with Crippen LogP contribution in [0.4, 0.5) is 27.7 Å². The minimum Gasteiger partial charge on any atom is -0.507 e. The minimum absolute atomic E-state index is 0.00790. The Morgan fingerprint density at radius 3 is 2.18 bits per heavy atom. The number of likely N-dealkylation sites (N-methyl/N-ethyl adjacent to an activating group) is 1. The maximum atomic E-state index is 14.2. The van der Waals surface area contributed by atoms with Gasteiger partial charge in [0.25, 0.3) is 17.7 Å². The Morgan fingerprint density at radius 1 is 0.750 bits per heavy atom. The largest absolute Gasteiger partial charge is 0.507 e. The molecule has 2 aliphatic carbocycles. The van der Waals surface area contributed by atoms with Crippen LogP contribution in [0.2, 0.25) is 0 Å². The van der Waals surface area contributed by atoms with Crippen molar-refractivity contribution in [1.29, 1.82) is 5.26 Å². The SMILES string of the molecule is CC(C)[C@@H](C(=O)N1C[C@H](O)C[C@H]1C(=O)N[C@H](C)c1ccc(C#N)cc1)c1cc(OCCN2CCC(OC3CC(Oc4cc(N5C6CCC5CN(c5cc(-c7ccccc7O)nnc5NC(=O)OCc5ccc(NC(=O)[C@H](CCCCN(C)C)NC(=O)C7(C(=O)NCCCCCN(C)CCN8C(=O)C=CC8=O)CCC7)cc5)C6)ccn4)C3)CC2)no1. The van der Waals surface area contributed by atoms with Crippen LogP contribution in [0.15, 0.2) is 120 Å². The number of aliphatic hydroxyl groups excluding tert-OH is 1. The number of β-amino-alcohol motifs (C(OH)–C–C–N with tert-alkyl or cyclic N) is 1. The van der Waals surface area contributed by atoms with Gasteiger partial charge in [-0.05, 0) is 183 Å². The molecule has 6 aromatic rings. The number of piperidine rings is 1. The summed E-state index contributed by atoms with van der Waals surface area (Å²) in [5.74, 6) is -2.18. The molecule has 3 aromatic carbocycles. The number of aromatic hydroxyl groups is 1. The number of amides is 8. The molecule has 8 amide bonds. The highest BCUT2D eigenvalue weighted by Crippen LogP contribution is 2.44. The summed E-state index contributed by atoms with van der Waals surface area (Å²) >= 11 is 0. The monoisotopic (exact) mass is 1650 g/mol. The molecule has 2 unspecified atom stereocenters. The first-order valence-electron chi connectivity index (χ1n) is 42.3. The highest BCUT2D eigenvalue weighted by Gasteiger charge is 2.52. The number of aromatic nitrogens is 4. The summed E-state index contributed by atoms with van der Waals surface area (Å²) in [5.41, 5.74) is 3.66. The third-order valence-corrected chi connectivity index (χ3v) is 24.2. The number of ether oxygens (including phenoxy) is 4. The predicted molar refractivity (Wildman–Crippen MR) is 446 cm³/mol. The zero-order valence-electron chi connectivity index (χ0n) is 69.4. The average molecular weight is 1650 g/mol. The Labute approximate surface area is 700 Å². The first kappa shape index (κ1) is 86.7. The molecule has 32 heteroatoms. The van der Waals surface area contributed by atoms with E-state index in [-0.39, 0.29) is 103 Å². The molecule has 13 rings (SSSR count). The lowest BCUT2D eigenvalue weighted by Gasteiger charge is -2.44. The molecule has 5 aliphatic heterocycles. The van der Waals surface area contributed by atoms with Crippen LogP contribution in [0.1, 0.15) is 158 Å². The van der Waals surface area contributed by atoms with Gasteiger partial charge in [-0.1, -0.05) is 63.1 Å². The van der Waals surface area contributed by atoms with E-state index in [1.807, 2.05) is 66.2 Å². The fourth-order valence-electron chi connectivity index (χ4n) is 17.1. The minimum atomic E-state index is -1.27. The molecule has 120 heavy (non-hydrogen) atoms. The van der Waals surface area contributed by atoms with Crippen LogP contribution in [0, 0.1) is 22.7 Å². The summed E-state index contributed by atoms with van der Waals surface area (Å²) in [6.07, 6.45) is 13.7. The van der Waals surface area contributed by atoms with E-state index in [0.29, 0.717) is 130 Å². The highest BCUT2D eigenvalue weighted by molar-refractivity contribution is 6.13. The number of imide groups is 1. The van der Waals surface area contributed by atoms with Crippen LogP contribution in [0.25, 0.3) is 11.3 Å². The van der Waals surface area contributed by atoms with E-state index < -0.39 is 53.5 Å². The van der Waals surface area contributed by atoms with Crippen molar-refractivity contribution in [3.8, 4) is 34.8 Å². The number of anilines is 4. The Bertz CT molecular complexity index is 4600. The molecule has 32 nitrogen and oxygen atoms in total. The summed E-state index contributed by atoms with van der Waals surface area (Å²) < 4.78 is 30.7. The van der Waals surface area contributed by atoms with Crippen LogP contribution < -0.4 is 45.9 Å². The third kappa shape index (κ3) is 21.9. The number of rotatable bonds is 39. The molecule has 0 radical (unpaired) electrons. The number of nitrogens with zero attached hydrogens (tertiary/aromatic N) is 12. The number of benzene rings is 3. The molecule has 6 fully saturated rings. The third-order valence-electron chi connectivity index (χ3n) is 24.2. The van der Waals surface area contributed by atoms with Gasteiger partial charge in [-0.15, -0.1) is 10.2 Å².